The second-order valence-corrected chi connectivity index (χ2v) is 3.27. The zero-order chi connectivity index (χ0) is 9.97. The predicted molar refractivity (Wildman–Crippen MR) is 51.0 cm³/mol. The van der Waals surface area contributed by atoms with Crippen LogP contribution >= 0.6 is 0 Å². The first-order valence-corrected chi connectivity index (χ1v) is 4.58. The molecule has 4 heteroatoms. The number of amides is 1. The maximum Gasteiger partial charge on any atom is 0.240 e. The van der Waals surface area contributed by atoms with Crippen molar-refractivity contribution in [1.29, 1.82) is 0 Å². The number of rotatable bonds is 2. The molecule has 74 valence electrons. The van der Waals surface area contributed by atoms with Crippen LogP contribution in [-0.2, 0) is 4.79 Å². The van der Waals surface area contributed by atoms with Crippen LogP contribution in [0.5, 0.6) is 0 Å². The summed E-state index contributed by atoms with van der Waals surface area (Å²) in [5.41, 5.74) is 3.49. The van der Waals surface area contributed by atoms with Crippen LogP contribution < -0.4 is 5.43 Å². The van der Waals surface area contributed by atoms with Crippen LogP contribution in [-0.4, -0.2) is 17.5 Å². The number of anilines is 1. The van der Waals surface area contributed by atoms with E-state index in [9.17, 15) is 9.18 Å². The van der Waals surface area contributed by atoms with Crippen molar-refractivity contribution in [3.05, 3.63) is 30.1 Å². The molecule has 14 heavy (non-hydrogen) atoms. The van der Waals surface area contributed by atoms with E-state index in [4.69, 9.17) is 0 Å². The highest BCUT2D eigenvalue weighted by Gasteiger charge is 2.19. The van der Waals surface area contributed by atoms with Gasteiger partial charge in [0.1, 0.15) is 5.82 Å². The van der Waals surface area contributed by atoms with Crippen molar-refractivity contribution >= 4 is 11.6 Å². The Bertz CT molecular complexity index is 354. The van der Waals surface area contributed by atoms with Gasteiger partial charge in [-0.1, -0.05) is 6.07 Å². The molecule has 1 aliphatic rings. The van der Waals surface area contributed by atoms with Crippen LogP contribution in [0.1, 0.15) is 12.8 Å². The largest absolute Gasteiger partial charge is 0.296 e. The molecule has 1 amide bonds. The van der Waals surface area contributed by atoms with Gasteiger partial charge in [0, 0.05) is 13.0 Å². The lowest BCUT2D eigenvalue weighted by atomic mass is 10.3. The molecule has 0 saturated carbocycles. The lowest BCUT2D eigenvalue weighted by molar-refractivity contribution is -0.126. The Morgan fingerprint density at radius 2 is 2.29 bits per heavy atom. The van der Waals surface area contributed by atoms with Crippen LogP contribution in [0.15, 0.2) is 24.3 Å². The molecule has 1 fully saturated rings. The monoisotopic (exact) mass is 194 g/mol. The standard InChI is InChI=1S/C10H11FN2O/c11-8-3-1-4-9(7-8)12-13-6-2-5-10(13)14/h1,3-4,7,12H,2,5-6H2. The highest BCUT2D eigenvalue weighted by molar-refractivity contribution is 5.79. The predicted octanol–water partition coefficient (Wildman–Crippen LogP) is 1.77. The van der Waals surface area contributed by atoms with Crippen molar-refractivity contribution in [1.82, 2.24) is 5.01 Å². The summed E-state index contributed by atoms with van der Waals surface area (Å²) in [4.78, 5) is 11.2. The number of hydrazine groups is 1. The molecule has 3 nitrogen and oxygen atoms in total. The summed E-state index contributed by atoms with van der Waals surface area (Å²) in [6.45, 7) is 0.690. The molecule has 2 rings (SSSR count). The van der Waals surface area contributed by atoms with Gasteiger partial charge in [-0.2, -0.15) is 0 Å². The molecule has 0 aromatic heterocycles. The van der Waals surface area contributed by atoms with E-state index in [1.165, 1.54) is 17.1 Å². The number of carbonyl (C=O) groups is 1. The number of hydrogen-bond acceptors (Lipinski definition) is 2. The Balaban J connectivity index is 2.07. The molecular weight excluding hydrogens is 183 g/mol. The van der Waals surface area contributed by atoms with Crippen molar-refractivity contribution in [3.8, 4) is 0 Å². The summed E-state index contributed by atoms with van der Waals surface area (Å²) in [7, 11) is 0. The average Bonchev–Trinajstić information content (AvgIpc) is 2.52. The lowest BCUT2D eigenvalue weighted by Crippen LogP contribution is -2.30. The molecular formula is C10H11FN2O. The fourth-order valence-corrected chi connectivity index (χ4v) is 1.48. The van der Waals surface area contributed by atoms with Gasteiger partial charge in [-0.25, -0.2) is 4.39 Å². The van der Waals surface area contributed by atoms with Crippen molar-refractivity contribution in [2.45, 2.75) is 12.8 Å². The Kier molecular flexibility index (Phi) is 2.35. The molecule has 1 heterocycles. The van der Waals surface area contributed by atoms with E-state index in [-0.39, 0.29) is 11.7 Å². The molecule has 1 aromatic rings. The van der Waals surface area contributed by atoms with Crippen molar-refractivity contribution in [2.75, 3.05) is 12.0 Å². The van der Waals surface area contributed by atoms with Crippen LogP contribution in [0.2, 0.25) is 0 Å². The van der Waals surface area contributed by atoms with Gasteiger partial charge in [0.05, 0.1) is 5.69 Å². The summed E-state index contributed by atoms with van der Waals surface area (Å²) < 4.78 is 12.8. The van der Waals surface area contributed by atoms with Crippen molar-refractivity contribution in [2.24, 2.45) is 0 Å². The van der Waals surface area contributed by atoms with Crippen molar-refractivity contribution in [3.63, 3.8) is 0 Å². The Morgan fingerprint density at radius 3 is 2.93 bits per heavy atom. The van der Waals surface area contributed by atoms with Crippen LogP contribution in [0.4, 0.5) is 10.1 Å². The Hall–Kier alpha value is -1.58. The van der Waals surface area contributed by atoms with E-state index in [0.29, 0.717) is 18.7 Å². The van der Waals surface area contributed by atoms with Gasteiger partial charge in [0.15, 0.2) is 0 Å². The molecule has 0 aliphatic carbocycles. The van der Waals surface area contributed by atoms with Gasteiger partial charge in [-0.05, 0) is 24.6 Å². The number of nitrogens with one attached hydrogen (secondary N) is 1. The quantitative estimate of drug-likeness (QED) is 0.778. The van der Waals surface area contributed by atoms with Crippen LogP contribution in [0, 0.1) is 5.82 Å². The van der Waals surface area contributed by atoms with Gasteiger partial charge >= 0.3 is 0 Å². The number of nitrogens with zero attached hydrogens (tertiary/aromatic N) is 1. The highest BCUT2D eigenvalue weighted by Crippen LogP contribution is 2.14. The minimum absolute atomic E-state index is 0.0641. The van der Waals surface area contributed by atoms with E-state index < -0.39 is 0 Å². The van der Waals surface area contributed by atoms with Gasteiger partial charge in [0.25, 0.3) is 0 Å². The first-order chi connectivity index (χ1) is 6.75. The summed E-state index contributed by atoms with van der Waals surface area (Å²) in [6, 6.07) is 6.08. The minimum Gasteiger partial charge on any atom is -0.296 e. The van der Waals surface area contributed by atoms with Crippen molar-refractivity contribution < 1.29 is 9.18 Å². The molecule has 1 N–H and O–H groups in total. The molecule has 0 unspecified atom stereocenters. The van der Waals surface area contributed by atoms with E-state index in [1.807, 2.05) is 0 Å². The normalized spacial score (nSPS) is 16.1. The zero-order valence-corrected chi connectivity index (χ0v) is 7.66. The number of carbonyl (C=O) groups excluding carboxylic acids is 1. The Labute approximate surface area is 81.5 Å². The maximum atomic E-state index is 12.8. The highest BCUT2D eigenvalue weighted by atomic mass is 19.1. The zero-order valence-electron chi connectivity index (χ0n) is 7.66. The SMILES string of the molecule is O=C1CCCN1Nc1cccc(F)c1. The first kappa shape index (κ1) is 8.99. The topological polar surface area (TPSA) is 32.3 Å². The fourth-order valence-electron chi connectivity index (χ4n) is 1.48. The van der Waals surface area contributed by atoms with Crippen LogP contribution in [0.3, 0.4) is 0 Å². The third kappa shape index (κ3) is 1.84. The van der Waals surface area contributed by atoms with E-state index >= 15 is 0 Å². The molecule has 1 aliphatic heterocycles. The van der Waals surface area contributed by atoms with Gasteiger partial charge < -0.3 is 0 Å². The minimum atomic E-state index is -0.304. The second kappa shape index (κ2) is 3.65. The molecule has 0 bridgehead atoms. The summed E-state index contributed by atoms with van der Waals surface area (Å²) in [6.07, 6.45) is 1.43. The summed E-state index contributed by atoms with van der Waals surface area (Å²) in [5.74, 6) is -0.240. The Morgan fingerprint density at radius 1 is 1.43 bits per heavy atom. The molecule has 0 atom stereocenters. The number of benzene rings is 1. The van der Waals surface area contributed by atoms with Gasteiger partial charge in [0.2, 0.25) is 5.91 Å². The van der Waals surface area contributed by atoms with E-state index in [2.05, 4.69) is 5.43 Å². The smallest absolute Gasteiger partial charge is 0.240 e. The fraction of sp³-hybridized carbons (Fsp3) is 0.300. The lowest BCUT2D eigenvalue weighted by Gasteiger charge is -2.17. The molecule has 1 saturated heterocycles. The van der Waals surface area contributed by atoms with E-state index in [1.54, 1.807) is 12.1 Å². The maximum absolute atomic E-state index is 12.8. The summed E-state index contributed by atoms with van der Waals surface area (Å²) in [5, 5.41) is 1.52. The second-order valence-electron chi connectivity index (χ2n) is 3.27. The van der Waals surface area contributed by atoms with Crippen LogP contribution in [0.25, 0.3) is 0 Å². The van der Waals surface area contributed by atoms with Gasteiger partial charge in [-0.15, -0.1) is 0 Å². The number of hydrogen-bond donors (Lipinski definition) is 1. The third-order valence-corrected chi connectivity index (χ3v) is 2.16. The molecule has 0 radical (unpaired) electrons. The average molecular weight is 194 g/mol. The molecule has 1 aromatic carbocycles. The van der Waals surface area contributed by atoms with Gasteiger partial charge in [-0.3, -0.25) is 15.2 Å². The first-order valence-electron chi connectivity index (χ1n) is 4.58. The number of halogens is 1. The van der Waals surface area contributed by atoms with E-state index in [0.717, 1.165) is 6.42 Å². The summed E-state index contributed by atoms with van der Waals surface area (Å²) >= 11 is 0. The third-order valence-electron chi connectivity index (χ3n) is 2.16. The molecule has 0 spiro atoms.